The van der Waals surface area contributed by atoms with Crippen LogP contribution in [-0.4, -0.2) is 62.2 Å². The van der Waals surface area contributed by atoms with Gasteiger partial charge < -0.3 is 0 Å². The van der Waals surface area contributed by atoms with E-state index in [4.69, 9.17) is 0 Å². The molecule has 152 valence electrons. The third kappa shape index (κ3) is 3.98. The van der Waals surface area contributed by atoms with E-state index in [-0.39, 0.29) is 11.6 Å². The Morgan fingerprint density at radius 1 is 0.964 bits per heavy atom. The minimum Gasteiger partial charge on any atom is -0.298 e. The number of hydrogen-bond acceptors (Lipinski definition) is 5. The van der Waals surface area contributed by atoms with Crippen molar-refractivity contribution >= 4 is 0 Å². The Labute approximate surface area is 168 Å². The molecule has 2 heterocycles. The maximum atomic E-state index is 4.50. The maximum Gasteiger partial charge on any atom is 0.173 e. The first-order chi connectivity index (χ1) is 13.4. The highest BCUT2D eigenvalue weighted by molar-refractivity contribution is 5.28. The SMILES string of the molecule is Cc1ccc([C@@H](c2nnnn2C(C)(C)C)N2CCN(C3CCCC3)CC2)cc1. The molecule has 2 fully saturated rings. The number of tetrazole rings is 1. The van der Waals surface area contributed by atoms with Gasteiger partial charge in [0.05, 0.1) is 11.6 Å². The van der Waals surface area contributed by atoms with Crippen molar-refractivity contribution < 1.29 is 0 Å². The molecule has 2 aromatic rings. The van der Waals surface area contributed by atoms with Gasteiger partial charge in [0.2, 0.25) is 0 Å². The van der Waals surface area contributed by atoms with Gasteiger partial charge in [-0.2, -0.15) is 0 Å². The molecule has 1 aliphatic carbocycles. The molecule has 0 spiro atoms. The lowest BCUT2D eigenvalue weighted by Gasteiger charge is -2.41. The molecule has 1 aromatic heterocycles. The number of rotatable bonds is 4. The average molecular weight is 383 g/mol. The van der Waals surface area contributed by atoms with Crippen LogP contribution in [0.25, 0.3) is 0 Å². The third-order valence-corrected chi connectivity index (χ3v) is 6.32. The predicted octanol–water partition coefficient (Wildman–Crippen LogP) is 3.39. The Balaban J connectivity index is 1.61. The van der Waals surface area contributed by atoms with Crippen molar-refractivity contribution in [1.29, 1.82) is 0 Å². The standard InChI is InChI=1S/C22H34N6/c1-17-9-11-18(12-10-17)20(21-23-24-25-28(21)22(2,3)4)27-15-13-26(14-16-27)19-7-5-6-8-19/h9-12,19-20H,5-8,13-16H2,1-4H3/t20-/m0/s1. The van der Waals surface area contributed by atoms with Crippen LogP contribution in [-0.2, 0) is 5.54 Å². The van der Waals surface area contributed by atoms with E-state index < -0.39 is 0 Å². The second kappa shape index (κ2) is 7.91. The third-order valence-electron chi connectivity index (χ3n) is 6.32. The summed E-state index contributed by atoms with van der Waals surface area (Å²) in [7, 11) is 0. The molecule has 6 heteroatoms. The zero-order valence-electron chi connectivity index (χ0n) is 17.8. The van der Waals surface area contributed by atoms with E-state index in [1.807, 2.05) is 4.68 Å². The van der Waals surface area contributed by atoms with E-state index >= 15 is 0 Å². The van der Waals surface area contributed by atoms with Crippen LogP contribution in [0.1, 0.15) is 69.4 Å². The summed E-state index contributed by atoms with van der Waals surface area (Å²) in [6, 6.07) is 9.78. The molecule has 1 saturated carbocycles. The normalized spacial score (nSPS) is 21.3. The molecule has 0 unspecified atom stereocenters. The summed E-state index contributed by atoms with van der Waals surface area (Å²) in [6.45, 7) is 13.0. The molecule has 1 aliphatic heterocycles. The average Bonchev–Trinajstić information content (AvgIpc) is 3.36. The monoisotopic (exact) mass is 382 g/mol. The number of hydrogen-bond donors (Lipinski definition) is 0. The highest BCUT2D eigenvalue weighted by atomic mass is 15.6. The molecule has 1 saturated heterocycles. The Morgan fingerprint density at radius 3 is 2.21 bits per heavy atom. The maximum absolute atomic E-state index is 4.50. The smallest absolute Gasteiger partial charge is 0.173 e. The zero-order valence-corrected chi connectivity index (χ0v) is 17.8. The van der Waals surface area contributed by atoms with Crippen LogP contribution < -0.4 is 0 Å². The van der Waals surface area contributed by atoms with Gasteiger partial charge in [-0.3, -0.25) is 9.80 Å². The van der Waals surface area contributed by atoms with Crippen molar-refractivity contribution in [3.8, 4) is 0 Å². The lowest BCUT2D eigenvalue weighted by atomic mass is 10.00. The lowest BCUT2D eigenvalue weighted by molar-refractivity contribution is 0.0756. The Bertz CT molecular complexity index is 761. The number of aromatic nitrogens is 4. The van der Waals surface area contributed by atoms with Gasteiger partial charge in [-0.15, -0.1) is 5.10 Å². The van der Waals surface area contributed by atoms with Crippen molar-refractivity contribution in [3.63, 3.8) is 0 Å². The molecule has 6 nitrogen and oxygen atoms in total. The van der Waals surface area contributed by atoms with E-state index in [1.54, 1.807) is 0 Å². The van der Waals surface area contributed by atoms with Crippen molar-refractivity contribution in [2.24, 2.45) is 0 Å². The molecule has 0 amide bonds. The molecule has 1 aromatic carbocycles. The van der Waals surface area contributed by atoms with E-state index in [9.17, 15) is 0 Å². The Morgan fingerprint density at radius 2 is 1.61 bits per heavy atom. The minimum atomic E-state index is -0.145. The van der Waals surface area contributed by atoms with Gasteiger partial charge in [0.1, 0.15) is 0 Å². The number of piperazine rings is 1. The fourth-order valence-corrected chi connectivity index (χ4v) is 4.74. The summed E-state index contributed by atoms with van der Waals surface area (Å²) in [5, 5.41) is 12.9. The quantitative estimate of drug-likeness (QED) is 0.811. The largest absolute Gasteiger partial charge is 0.298 e. The second-order valence-corrected chi connectivity index (χ2v) is 9.44. The van der Waals surface area contributed by atoms with Gasteiger partial charge in [0.15, 0.2) is 5.82 Å². The summed E-state index contributed by atoms with van der Waals surface area (Å²) >= 11 is 0. The van der Waals surface area contributed by atoms with Gasteiger partial charge >= 0.3 is 0 Å². The van der Waals surface area contributed by atoms with Crippen LogP contribution in [0.2, 0.25) is 0 Å². The molecule has 2 aliphatic rings. The lowest BCUT2D eigenvalue weighted by Crippen LogP contribution is -2.51. The summed E-state index contributed by atoms with van der Waals surface area (Å²) in [5.41, 5.74) is 2.41. The van der Waals surface area contributed by atoms with Crippen LogP contribution in [0.15, 0.2) is 24.3 Å². The molecule has 1 atom stereocenters. The van der Waals surface area contributed by atoms with Crippen molar-refractivity contribution in [2.45, 2.75) is 71.0 Å². The zero-order chi connectivity index (χ0) is 19.7. The molecule has 0 radical (unpaired) electrons. The molecular formula is C22H34N6. The minimum absolute atomic E-state index is 0.0977. The van der Waals surface area contributed by atoms with E-state index in [2.05, 4.69) is 77.3 Å². The first-order valence-electron chi connectivity index (χ1n) is 10.8. The van der Waals surface area contributed by atoms with E-state index in [1.165, 1.54) is 36.8 Å². The fourth-order valence-electron chi connectivity index (χ4n) is 4.74. The van der Waals surface area contributed by atoms with Gasteiger partial charge in [0.25, 0.3) is 0 Å². The number of aryl methyl sites for hydroxylation is 1. The first-order valence-corrected chi connectivity index (χ1v) is 10.8. The van der Waals surface area contributed by atoms with Crippen molar-refractivity contribution in [3.05, 3.63) is 41.2 Å². The highest BCUT2D eigenvalue weighted by Crippen LogP contribution is 2.32. The molecule has 28 heavy (non-hydrogen) atoms. The van der Waals surface area contributed by atoms with E-state index in [0.717, 1.165) is 38.0 Å². The van der Waals surface area contributed by atoms with Crippen LogP contribution in [0.4, 0.5) is 0 Å². The van der Waals surface area contributed by atoms with Crippen LogP contribution >= 0.6 is 0 Å². The number of benzene rings is 1. The molecule has 4 rings (SSSR count). The summed E-state index contributed by atoms with van der Waals surface area (Å²) in [4.78, 5) is 5.28. The van der Waals surface area contributed by atoms with Crippen molar-refractivity contribution in [1.82, 2.24) is 30.0 Å². The Hall–Kier alpha value is -1.79. The van der Waals surface area contributed by atoms with E-state index in [0.29, 0.717) is 0 Å². The van der Waals surface area contributed by atoms with Gasteiger partial charge in [-0.05, 0) is 56.5 Å². The molecule has 0 N–H and O–H groups in total. The first kappa shape index (κ1) is 19.5. The van der Waals surface area contributed by atoms with Gasteiger partial charge in [-0.1, -0.05) is 42.7 Å². The van der Waals surface area contributed by atoms with Gasteiger partial charge in [0, 0.05) is 32.2 Å². The molecular weight excluding hydrogens is 348 g/mol. The summed E-state index contributed by atoms with van der Waals surface area (Å²) < 4.78 is 2.00. The Kier molecular flexibility index (Phi) is 5.52. The summed E-state index contributed by atoms with van der Waals surface area (Å²) in [6.07, 6.45) is 5.56. The van der Waals surface area contributed by atoms with Crippen LogP contribution in [0.3, 0.4) is 0 Å². The van der Waals surface area contributed by atoms with Gasteiger partial charge in [-0.25, -0.2) is 4.68 Å². The topological polar surface area (TPSA) is 50.1 Å². The second-order valence-electron chi connectivity index (χ2n) is 9.44. The van der Waals surface area contributed by atoms with Crippen LogP contribution in [0, 0.1) is 6.92 Å². The predicted molar refractivity (Wildman–Crippen MR) is 111 cm³/mol. The fraction of sp³-hybridized carbons (Fsp3) is 0.682. The number of nitrogens with zero attached hydrogens (tertiary/aromatic N) is 6. The van der Waals surface area contributed by atoms with Crippen molar-refractivity contribution in [2.75, 3.05) is 26.2 Å². The van der Waals surface area contributed by atoms with Crippen LogP contribution in [0.5, 0.6) is 0 Å². The highest BCUT2D eigenvalue weighted by Gasteiger charge is 2.34. The molecule has 0 bridgehead atoms. The summed E-state index contributed by atoms with van der Waals surface area (Å²) in [5.74, 6) is 0.950.